The monoisotopic (exact) mass is 184 g/mol. The van der Waals surface area contributed by atoms with Crippen LogP contribution in [0.15, 0.2) is 27.5 Å². The quantitative estimate of drug-likeness (QED) is 0.627. The van der Waals surface area contributed by atoms with Crippen LogP contribution in [0.4, 0.5) is 5.69 Å². The molecule has 2 nitrogen and oxygen atoms in total. The normalized spacial score (nSPS) is 13.9. The molecule has 0 saturated heterocycles. The van der Waals surface area contributed by atoms with E-state index in [0.717, 1.165) is 15.6 Å². The minimum Gasteiger partial charge on any atom is -0.345 e. The number of rotatable bonds is 0. The minimum absolute atomic E-state index is 0.746. The topological polar surface area (TPSA) is 24.4 Å². The molecule has 0 fully saturated rings. The summed E-state index contributed by atoms with van der Waals surface area (Å²) >= 11 is 7.21. The predicted molar refractivity (Wildman–Crippen MR) is 49.4 cm³/mol. The molecule has 56 valence electrons. The lowest BCUT2D eigenvalue weighted by molar-refractivity contribution is 1.43. The molecular weight excluding hydrogens is 180 g/mol. The zero-order valence-electron chi connectivity index (χ0n) is 5.54. The van der Waals surface area contributed by atoms with Gasteiger partial charge >= 0.3 is 0 Å². The number of nitrogens with one attached hydrogen (secondary N) is 1. The van der Waals surface area contributed by atoms with Gasteiger partial charge in [0.25, 0.3) is 0 Å². The number of anilines is 1. The predicted octanol–water partition coefficient (Wildman–Crippen LogP) is 2.80. The molecule has 1 aromatic carbocycles. The van der Waals surface area contributed by atoms with E-state index in [0.29, 0.717) is 0 Å². The Morgan fingerprint density at radius 2 is 2.36 bits per heavy atom. The van der Waals surface area contributed by atoms with Gasteiger partial charge < -0.3 is 5.32 Å². The summed E-state index contributed by atoms with van der Waals surface area (Å²) in [5, 5.41) is 3.76. The van der Waals surface area contributed by atoms with Crippen LogP contribution in [0.25, 0.3) is 0 Å². The molecule has 0 spiro atoms. The van der Waals surface area contributed by atoms with Gasteiger partial charge in [-0.2, -0.15) is 0 Å². The molecular formula is C7H5ClN2S. The number of hydrogen-bond acceptors (Lipinski definition) is 3. The Kier molecular flexibility index (Phi) is 1.75. The van der Waals surface area contributed by atoms with Gasteiger partial charge in [-0.15, -0.1) is 0 Å². The van der Waals surface area contributed by atoms with Crippen molar-refractivity contribution in [3.63, 3.8) is 0 Å². The Morgan fingerprint density at radius 3 is 3.27 bits per heavy atom. The molecule has 1 aliphatic rings. The second-order valence-electron chi connectivity index (χ2n) is 2.11. The van der Waals surface area contributed by atoms with Gasteiger partial charge in [0.1, 0.15) is 6.34 Å². The lowest BCUT2D eigenvalue weighted by Gasteiger charge is -2.09. The second kappa shape index (κ2) is 2.75. The van der Waals surface area contributed by atoms with Crippen molar-refractivity contribution in [3.05, 3.63) is 23.2 Å². The molecule has 4 heteroatoms. The van der Waals surface area contributed by atoms with Crippen LogP contribution < -0.4 is 5.32 Å². The molecule has 0 unspecified atom stereocenters. The summed E-state index contributed by atoms with van der Waals surface area (Å²) in [6, 6.07) is 5.69. The summed E-state index contributed by atoms with van der Waals surface area (Å²) in [6.45, 7) is 0. The van der Waals surface area contributed by atoms with Crippen molar-refractivity contribution in [1.82, 2.24) is 0 Å². The van der Waals surface area contributed by atoms with E-state index in [2.05, 4.69) is 9.71 Å². The smallest absolute Gasteiger partial charge is 0.101 e. The summed E-state index contributed by atoms with van der Waals surface area (Å²) in [6.07, 6.45) is 1.67. The molecule has 1 aliphatic heterocycles. The van der Waals surface area contributed by atoms with E-state index in [1.54, 1.807) is 6.34 Å². The number of benzene rings is 1. The highest BCUT2D eigenvalue weighted by Gasteiger charge is 2.05. The van der Waals surface area contributed by atoms with Crippen LogP contribution in [0.2, 0.25) is 5.02 Å². The number of nitrogens with zero attached hydrogens (tertiary/aromatic N) is 1. The fourth-order valence-corrected chi connectivity index (χ4v) is 1.73. The maximum atomic E-state index is 5.78. The first kappa shape index (κ1) is 7.00. The van der Waals surface area contributed by atoms with Crippen molar-refractivity contribution in [3.8, 4) is 0 Å². The van der Waals surface area contributed by atoms with E-state index in [-0.39, 0.29) is 0 Å². The Bertz CT molecular complexity index is 311. The maximum Gasteiger partial charge on any atom is 0.101 e. The van der Waals surface area contributed by atoms with Crippen LogP contribution in [0.3, 0.4) is 0 Å². The zero-order valence-corrected chi connectivity index (χ0v) is 7.12. The molecule has 1 aromatic rings. The zero-order chi connectivity index (χ0) is 7.68. The van der Waals surface area contributed by atoms with Crippen LogP contribution in [0.1, 0.15) is 0 Å². The Balaban J connectivity index is 2.48. The van der Waals surface area contributed by atoms with Gasteiger partial charge in [-0.05, 0) is 18.2 Å². The highest BCUT2D eigenvalue weighted by molar-refractivity contribution is 7.98. The van der Waals surface area contributed by atoms with E-state index in [1.165, 1.54) is 11.9 Å². The third-order valence-electron chi connectivity index (χ3n) is 1.37. The van der Waals surface area contributed by atoms with Gasteiger partial charge in [0, 0.05) is 17.0 Å². The maximum absolute atomic E-state index is 5.78. The molecule has 0 bridgehead atoms. The van der Waals surface area contributed by atoms with Crippen molar-refractivity contribution < 1.29 is 0 Å². The van der Waals surface area contributed by atoms with Crippen molar-refractivity contribution in [2.75, 3.05) is 5.32 Å². The van der Waals surface area contributed by atoms with E-state index in [9.17, 15) is 0 Å². The van der Waals surface area contributed by atoms with Crippen LogP contribution >= 0.6 is 23.5 Å². The number of hydrogen-bond donors (Lipinski definition) is 1. The molecule has 0 aromatic heterocycles. The lowest BCUT2D eigenvalue weighted by Crippen LogP contribution is -1.98. The summed E-state index contributed by atoms with van der Waals surface area (Å²) < 4.78 is 3.98. The highest BCUT2D eigenvalue weighted by atomic mass is 35.5. The summed E-state index contributed by atoms with van der Waals surface area (Å²) in [4.78, 5) is 1.07. The molecule has 2 rings (SSSR count). The van der Waals surface area contributed by atoms with Crippen molar-refractivity contribution in [2.45, 2.75) is 4.90 Å². The van der Waals surface area contributed by atoms with Gasteiger partial charge in [0.05, 0.1) is 10.6 Å². The molecule has 0 aliphatic carbocycles. The molecule has 1 N–H and O–H groups in total. The summed E-state index contributed by atoms with van der Waals surface area (Å²) in [7, 11) is 0. The Hall–Kier alpha value is -0.670. The number of halogens is 1. The van der Waals surface area contributed by atoms with Crippen LogP contribution in [0.5, 0.6) is 0 Å². The average molecular weight is 185 g/mol. The van der Waals surface area contributed by atoms with Gasteiger partial charge in [-0.25, -0.2) is 4.40 Å². The second-order valence-corrected chi connectivity index (χ2v) is 3.38. The van der Waals surface area contributed by atoms with Gasteiger partial charge in [0.15, 0.2) is 0 Å². The largest absolute Gasteiger partial charge is 0.345 e. The standard InChI is InChI=1S/C7H5ClN2S/c8-5-1-2-6-7(3-5)11-10-4-9-6/h1-4H,(H,9,10). The van der Waals surface area contributed by atoms with Crippen molar-refractivity contribution in [2.24, 2.45) is 4.40 Å². The first-order chi connectivity index (χ1) is 5.36. The fourth-order valence-electron chi connectivity index (χ4n) is 0.870. The molecule has 0 atom stereocenters. The highest BCUT2D eigenvalue weighted by Crippen LogP contribution is 2.32. The van der Waals surface area contributed by atoms with Crippen molar-refractivity contribution in [1.29, 1.82) is 0 Å². The first-order valence-corrected chi connectivity index (χ1v) is 4.26. The molecule has 0 amide bonds. The van der Waals surface area contributed by atoms with E-state index in [1.807, 2.05) is 18.2 Å². The Morgan fingerprint density at radius 1 is 1.45 bits per heavy atom. The lowest BCUT2D eigenvalue weighted by atomic mass is 10.3. The molecule has 11 heavy (non-hydrogen) atoms. The third kappa shape index (κ3) is 1.34. The fraction of sp³-hybridized carbons (Fsp3) is 0. The molecule has 1 heterocycles. The van der Waals surface area contributed by atoms with Gasteiger partial charge in [0.2, 0.25) is 0 Å². The number of fused-ring (bicyclic) bond motifs is 1. The SMILES string of the molecule is Clc1ccc2c(c1)SN=CN2. The van der Waals surface area contributed by atoms with Crippen LogP contribution in [-0.2, 0) is 0 Å². The summed E-state index contributed by atoms with van der Waals surface area (Å²) in [5.41, 5.74) is 1.06. The van der Waals surface area contributed by atoms with E-state index < -0.39 is 0 Å². The molecule has 0 radical (unpaired) electrons. The van der Waals surface area contributed by atoms with Crippen LogP contribution in [-0.4, -0.2) is 6.34 Å². The van der Waals surface area contributed by atoms with Gasteiger partial charge in [-0.1, -0.05) is 11.6 Å². The first-order valence-electron chi connectivity index (χ1n) is 3.11. The van der Waals surface area contributed by atoms with Gasteiger partial charge in [-0.3, -0.25) is 0 Å². The Labute approximate surface area is 73.8 Å². The van der Waals surface area contributed by atoms with E-state index >= 15 is 0 Å². The van der Waals surface area contributed by atoms with Crippen LogP contribution in [0, 0.1) is 0 Å². The van der Waals surface area contributed by atoms with Crippen molar-refractivity contribution >= 4 is 35.6 Å². The molecule has 0 saturated carbocycles. The minimum atomic E-state index is 0.746. The summed E-state index contributed by atoms with van der Waals surface area (Å²) in [5.74, 6) is 0. The third-order valence-corrected chi connectivity index (χ3v) is 2.35. The average Bonchev–Trinajstić information content (AvgIpc) is 2.04. The van der Waals surface area contributed by atoms with E-state index in [4.69, 9.17) is 11.6 Å².